The minimum Gasteiger partial charge on any atom is -0.506 e. The van der Waals surface area contributed by atoms with Crippen molar-refractivity contribution in [1.82, 2.24) is 4.57 Å². The highest BCUT2D eigenvalue weighted by molar-refractivity contribution is 6.11. The Morgan fingerprint density at radius 3 is 2.67 bits per heavy atom. The van der Waals surface area contributed by atoms with Crippen molar-refractivity contribution in [3.05, 3.63) is 62.8 Å². The zero-order chi connectivity index (χ0) is 21.4. The lowest BCUT2D eigenvalue weighted by Gasteiger charge is -2.22. The van der Waals surface area contributed by atoms with Crippen LogP contribution in [0.1, 0.15) is 17.3 Å². The van der Waals surface area contributed by atoms with Gasteiger partial charge in [-0.2, -0.15) is 0 Å². The zero-order valence-electron chi connectivity index (χ0n) is 16.2. The molecule has 0 aliphatic carbocycles. The van der Waals surface area contributed by atoms with Crippen LogP contribution < -0.4 is 19.9 Å². The second-order valence-corrected chi connectivity index (χ2v) is 6.54. The van der Waals surface area contributed by atoms with Gasteiger partial charge in [0.05, 0.1) is 10.9 Å². The lowest BCUT2D eigenvalue weighted by Crippen LogP contribution is -2.36. The van der Waals surface area contributed by atoms with Crippen LogP contribution in [-0.2, 0) is 7.05 Å². The summed E-state index contributed by atoms with van der Waals surface area (Å²) in [5, 5.41) is 14.7. The van der Waals surface area contributed by atoms with E-state index in [0.717, 1.165) is 0 Å². The first kappa shape index (κ1) is 19.2. The molecule has 0 bridgehead atoms. The number of rotatable bonds is 4. The number of ether oxygens (including phenoxy) is 2. The summed E-state index contributed by atoms with van der Waals surface area (Å²) in [5.74, 6) is -0.401. The van der Waals surface area contributed by atoms with E-state index in [9.17, 15) is 14.7 Å². The molecule has 152 valence electrons. The van der Waals surface area contributed by atoms with Gasteiger partial charge in [0.15, 0.2) is 11.5 Å². The highest BCUT2D eigenvalue weighted by Crippen LogP contribution is 2.43. The lowest BCUT2D eigenvalue weighted by molar-refractivity contribution is 0.0984. The molecule has 10 nitrogen and oxygen atoms in total. The van der Waals surface area contributed by atoms with Crippen LogP contribution in [-0.4, -0.2) is 28.9 Å². The summed E-state index contributed by atoms with van der Waals surface area (Å²) < 4.78 is 12.1. The highest BCUT2D eigenvalue weighted by Gasteiger charge is 2.29. The topological polar surface area (TPSA) is 130 Å². The van der Waals surface area contributed by atoms with Gasteiger partial charge in [0, 0.05) is 29.9 Å². The molecular weight excluding hydrogens is 390 g/mol. The number of aromatic nitrogens is 1. The minimum atomic E-state index is -0.662. The minimum absolute atomic E-state index is 0.0153. The summed E-state index contributed by atoms with van der Waals surface area (Å²) in [7, 11) is 1.52. The second kappa shape index (κ2) is 7.34. The van der Waals surface area contributed by atoms with E-state index < -0.39 is 17.2 Å². The highest BCUT2D eigenvalue weighted by atomic mass is 16.7. The molecule has 1 aliphatic rings. The molecule has 0 radical (unpaired) electrons. The van der Waals surface area contributed by atoms with Crippen molar-refractivity contribution >= 4 is 28.2 Å². The van der Waals surface area contributed by atoms with Crippen molar-refractivity contribution in [2.45, 2.75) is 6.92 Å². The van der Waals surface area contributed by atoms with E-state index in [-0.39, 0.29) is 30.0 Å². The van der Waals surface area contributed by atoms with Gasteiger partial charge in [-0.25, -0.2) is 0 Å². The Morgan fingerprint density at radius 2 is 2.00 bits per heavy atom. The van der Waals surface area contributed by atoms with Crippen molar-refractivity contribution < 1.29 is 19.4 Å². The summed E-state index contributed by atoms with van der Waals surface area (Å²) in [6.45, 7) is 1.97. The molecule has 30 heavy (non-hydrogen) atoms. The molecule has 0 unspecified atom stereocenters. The van der Waals surface area contributed by atoms with Gasteiger partial charge in [-0.05, 0) is 36.7 Å². The summed E-state index contributed by atoms with van der Waals surface area (Å²) >= 11 is 0. The molecule has 1 aromatic heterocycles. The molecule has 1 aliphatic heterocycles. The third kappa shape index (κ3) is 2.87. The number of nitrogens with zero attached hydrogens (tertiary/aromatic N) is 5. The second-order valence-electron chi connectivity index (χ2n) is 6.54. The van der Waals surface area contributed by atoms with Crippen LogP contribution in [0, 0.1) is 0 Å². The predicted molar refractivity (Wildman–Crippen MR) is 110 cm³/mol. The quantitative estimate of drug-likeness (QED) is 0.401. The van der Waals surface area contributed by atoms with E-state index >= 15 is 0 Å². The molecule has 3 aromatic rings. The van der Waals surface area contributed by atoms with Gasteiger partial charge in [0.2, 0.25) is 6.79 Å². The normalized spacial score (nSPS) is 11.9. The monoisotopic (exact) mass is 407 g/mol. The number of hydrogen-bond acceptors (Lipinski definition) is 6. The molecule has 4 rings (SSSR count). The Morgan fingerprint density at radius 1 is 1.27 bits per heavy atom. The van der Waals surface area contributed by atoms with Gasteiger partial charge in [-0.3, -0.25) is 9.59 Å². The molecule has 2 aromatic carbocycles. The first-order valence-corrected chi connectivity index (χ1v) is 9.09. The van der Waals surface area contributed by atoms with E-state index in [1.54, 1.807) is 43.3 Å². The molecule has 10 heteroatoms. The Kier molecular flexibility index (Phi) is 4.69. The molecule has 1 amide bonds. The van der Waals surface area contributed by atoms with Gasteiger partial charge in [-0.1, -0.05) is 17.2 Å². The van der Waals surface area contributed by atoms with E-state index in [4.69, 9.17) is 15.0 Å². The van der Waals surface area contributed by atoms with Crippen LogP contribution in [0.4, 0.5) is 11.4 Å². The number of azide groups is 1. The van der Waals surface area contributed by atoms with Gasteiger partial charge in [-0.15, -0.1) is 0 Å². The van der Waals surface area contributed by atoms with Crippen molar-refractivity contribution in [3.63, 3.8) is 0 Å². The Balaban J connectivity index is 1.88. The zero-order valence-corrected chi connectivity index (χ0v) is 16.2. The van der Waals surface area contributed by atoms with Gasteiger partial charge >= 0.3 is 0 Å². The first-order chi connectivity index (χ1) is 14.5. The Labute approximate surface area is 170 Å². The van der Waals surface area contributed by atoms with Crippen LogP contribution in [0.5, 0.6) is 17.2 Å². The number of hydrogen-bond donors (Lipinski definition) is 1. The summed E-state index contributed by atoms with van der Waals surface area (Å²) in [5.41, 5.74) is 8.83. The molecular formula is C20H17N5O5. The van der Waals surface area contributed by atoms with Gasteiger partial charge in [0.1, 0.15) is 11.3 Å². The summed E-state index contributed by atoms with van der Waals surface area (Å²) in [4.78, 5) is 30.4. The number of aryl methyl sites for hydroxylation is 1. The largest absolute Gasteiger partial charge is 0.506 e. The number of pyridine rings is 1. The lowest BCUT2D eigenvalue weighted by atomic mass is 10.1. The van der Waals surface area contributed by atoms with Crippen molar-refractivity contribution in [2.75, 3.05) is 18.2 Å². The number of carbonyl (C=O) groups is 1. The summed E-state index contributed by atoms with van der Waals surface area (Å²) in [6.07, 6.45) is 0. The van der Waals surface area contributed by atoms with Crippen molar-refractivity contribution in [1.29, 1.82) is 0 Å². The van der Waals surface area contributed by atoms with E-state index in [1.807, 2.05) is 0 Å². The molecule has 0 saturated carbocycles. The molecule has 2 heterocycles. The maximum Gasteiger partial charge on any atom is 0.267 e. The number of carbonyl (C=O) groups excluding carboxylic acids is 1. The van der Waals surface area contributed by atoms with Crippen LogP contribution >= 0.6 is 0 Å². The number of benzene rings is 2. The average molecular weight is 407 g/mol. The molecule has 1 N–H and O–H groups in total. The van der Waals surface area contributed by atoms with Crippen LogP contribution in [0.3, 0.4) is 0 Å². The van der Waals surface area contributed by atoms with Crippen LogP contribution in [0.15, 0.2) is 46.3 Å². The van der Waals surface area contributed by atoms with Gasteiger partial charge in [0.25, 0.3) is 11.5 Å². The number of aromatic hydroxyl groups is 1. The summed E-state index contributed by atoms with van der Waals surface area (Å²) in [6, 6.07) is 9.59. The van der Waals surface area contributed by atoms with E-state index in [1.165, 1.54) is 16.5 Å². The SMILES string of the molecule is CCN(C(=O)c1c(O)c2c3c(ccc2n(C)c1=O)OCO3)c1ccc(N=[N+]=[N-])cc1. The number of amides is 1. The maximum atomic E-state index is 13.3. The van der Waals surface area contributed by atoms with E-state index in [0.29, 0.717) is 22.6 Å². The van der Waals surface area contributed by atoms with Crippen molar-refractivity contribution in [3.8, 4) is 17.2 Å². The molecule has 0 saturated heterocycles. The average Bonchev–Trinajstić information content (AvgIpc) is 3.22. The standard InChI is InChI=1S/C20H17N5O5/c1-3-25(12-6-4-11(5-7-12)22-23-21)20(28)16-17(26)15-13(24(2)19(16)27)8-9-14-18(15)30-10-29-14/h4-9,26H,3,10H2,1-2H3. The predicted octanol–water partition coefficient (Wildman–Crippen LogP) is 3.58. The Hall–Kier alpha value is -4.17. The van der Waals surface area contributed by atoms with E-state index in [2.05, 4.69) is 10.0 Å². The number of anilines is 1. The fraction of sp³-hybridized carbons (Fsp3) is 0.200. The fourth-order valence-electron chi connectivity index (χ4n) is 3.50. The first-order valence-electron chi connectivity index (χ1n) is 9.09. The van der Waals surface area contributed by atoms with Gasteiger partial charge < -0.3 is 24.0 Å². The maximum absolute atomic E-state index is 13.3. The van der Waals surface area contributed by atoms with Crippen LogP contribution in [0.25, 0.3) is 21.3 Å². The fourth-order valence-corrected chi connectivity index (χ4v) is 3.50. The molecule has 0 spiro atoms. The molecule has 0 fully saturated rings. The molecule has 0 atom stereocenters. The third-order valence-corrected chi connectivity index (χ3v) is 4.97. The number of fused-ring (bicyclic) bond motifs is 3. The smallest absolute Gasteiger partial charge is 0.267 e. The van der Waals surface area contributed by atoms with Crippen LogP contribution in [0.2, 0.25) is 0 Å². The Bertz CT molecular complexity index is 1280. The van der Waals surface area contributed by atoms with Crippen molar-refractivity contribution in [2.24, 2.45) is 12.2 Å². The third-order valence-electron chi connectivity index (χ3n) is 4.97.